The van der Waals surface area contributed by atoms with Gasteiger partial charge in [0.15, 0.2) is 0 Å². The fourth-order valence-corrected chi connectivity index (χ4v) is 1.99. The van der Waals surface area contributed by atoms with Crippen LogP contribution < -0.4 is 10.6 Å². The summed E-state index contributed by atoms with van der Waals surface area (Å²) in [7, 11) is 1.71. The lowest BCUT2D eigenvalue weighted by atomic mass is 10.2. The van der Waals surface area contributed by atoms with Gasteiger partial charge >= 0.3 is 0 Å². The molecule has 0 fully saturated rings. The van der Waals surface area contributed by atoms with Gasteiger partial charge in [-0.15, -0.1) is 0 Å². The first-order valence-corrected chi connectivity index (χ1v) is 6.69. The molecule has 1 aromatic carbocycles. The molecule has 104 valence electrons. The first kappa shape index (κ1) is 14.1. The number of aryl methyl sites for hydroxylation is 1. The standard InChI is InChI=1S/C15H22N2O2/c1-12-3-4-15-13(9-12)10-14(19-15)11-17-6-5-16-7-8-18-2/h3-4,9-10,16-17H,5-8,11H2,1-2H3. The van der Waals surface area contributed by atoms with E-state index in [1.54, 1.807) is 7.11 Å². The van der Waals surface area contributed by atoms with Crippen LogP contribution in [-0.2, 0) is 11.3 Å². The fraction of sp³-hybridized carbons (Fsp3) is 0.467. The van der Waals surface area contributed by atoms with Crippen molar-refractivity contribution in [2.24, 2.45) is 0 Å². The Hall–Kier alpha value is -1.36. The molecule has 1 heterocycles. The van der Waals surface area contributed by atoms with Crippen molar-refractivity contribution in [2.45, 2.75) is 13.5 Å². The van der Waals surface area contributed by atoms with E-state index in [1.807, 2.05) is 6.07 Å². The van der Waals surface area contributed by atoms with Crippen LogP contribution in [0, 0.1) is 6.92 Å². The van der Waals surface area contributed by atoms with Crippen molar-refractivity contribution in [1.82, 2.24) is 10.6 Å². The highest BCUT2D eigenvalue weighted by Crippen LogP contribution is 2.20. The van der Waals surface area contributed by atoms with E-state index in [0.29, 0.717) is 0 Å². The summed E-state index contributed by atoms with van der Waals surface area (Å²) < 4.78 is 10.7. The maximum absolute atomic E-state index is 5.77. The van der Waals surface area contributed by atoms with Gasteiger partial charge in [-0.25, -0.2) is 0 Å². The van der Waals surface area contributed by atoms with Gasteiger partial charge in [0.05, 0.1) is 13.2 Å². The van der Waals surface area contributed by atoms with Crippen LogP contribution in [0.25, 0.3) is 11.0 Å². The van der Waals surface area contributed by atoms with Crippen LogP contribution in [-0.4, -0.2) is 33.4 Å². The number of ether oxygens (including phenoxy) is 1. The van der Waals surface area contributed by atoms with E-state index >= 15 is 0 Å². The summed E-state index contributed by atoms with van der Waals surface area (Å²) in [4.78, 5) is 0. The van der Waals surface area contributed by atoms with Gasteiger partial charge < -0.3 is 19.8 Å². The molecule has 0 aliphatic heterocycles. The molecule has 19 heavy (non-hydrogen) atoms. The Morgan fingerprint density at radius 1 is 1.11 bits per heavy atom. The molecule has 0 saturated heterocycles. The number of rotatable bonds is 8. The van der Waals surface area contributed by atoms with Gasteiger partial charge in [0, 0.05) is 32.1 Å². The molecule has 4 heteroatoms. The van der Waals surface area contributed by atoms with Crippen molar-refractivity contribution in [2.75, 3.05) is 33.4 Å². The monoisotopic (exact) mass is 262 g/mol. The Balaban J connectivity index is 1.72. The highest BCUT2D eigenvalue weighted by atomic mass is 16.5. The van der Waals surface area contributed by atoms with Gasteiger partial charge in [0.1, 0.15) is 11.3 Å². The number of fused-ring (bicyclic) bond motifs is 1. The third-order valence-electron chi connectivity index (χ3n) is 2.98. The molecule has 0 unspecified atom stereocenters. The zero-order valence-corrected chi connectivity index (χ0v) is 11.7. The molecule has 0 aliphatic carbocycles. The highest BCUT2D eigenvalue weighted by molar-refractivity contribution is 5.78. The molecule has 2 aromatic rings. The molecule has 4 nitrogen and oxygen atoms in total. The first-order valence-electron chi connectivity index (χ1n) is 6.69. The van der Waals surface area contributed by atoms with Gasteiger partial charge in [0.2, 0.25) is 0 Å². The average molecular weight is 262 g/mol. The summed E-state index contributed by atoms with van der Waals surface area (Å²) in [6.45, 7) is 6.35. The average Bonchev–Trinajstić information content (AvgIpc) is 2.79. The maximum Gasteiger partial charge on any atom is 0.134 e. The zero-order chi connectivity index (χ0) is 13.5. The predicted octanol–water partition coefficient (Wildman–Crippen LogP) is 2.07. The predicted molar refractivity (Wildman–Crippen MR) is 77.4 cm³/mol. The van der Waals surface area contributed by atoms with Crippen LogP contribution in [0.5, 0.6) is 0 Å². The van der Waals surface area contributed by atoms with Crippen LogP contribution in [0.15, 0.2) is 28.7 Å². The summed E-state index contributed by atoms with van der Waals surface area (Å²) in [5.41, 5.74) is 2.22. The number of benzene rings is 1. The summed E-state index contributed by atoms with van der Waals surface area (Å²) in [6.07, 6.45) is 0. The van der Waals surface area contributed by atoms with Crippen molar-refractivity contribution in [3.8, 4) is 0 Å². The molecule has 0 spiro atoms. The first-order chi connectivity index (χ1) is 9.29. The molecule has 0 aliphatic rings. The van der Waals surface area contributed by atoms with Gasteiger partial charge in [-0.3, -0.25) is 0 Å². The van der Waals surface area contributed by atoms with Crippen LogP contribution in [0.1, 0.15) is 11.3 Å². The van der Waals surface area contributed by atoms with Crippen molar-refractivity contribution in [3.05, 3.63) is 35.6 Å². The topological polar surface area (TPSA) is 46.4 Å². The van der Waals surface area contributed by atoms with E-state index in [1.165, 1.54) is 10.9 Å². The molecule has 2 rings (SSSR count). The van der Waals surface area contributed by atoms with Gasteiger partial charge in [-0.1, -0.05) is 11.6 Å². The summed E-state index contributed by atoms with van der Waals surface area (Å²) in [5, 5.41) is 7.82. The lowest BCUT2D eigenvalue weighted by Gasteiger charge is -2.04. The van der Waals surface area contributed by atoms with E-state index in [9.17, 15) is 0 Å². The highest BCUT2D eigenvalue weighted by Gasteiger charge is 2.03. The smallest absolute Gasteiger partial charge is 0.134 e. The quantitative estimate of drug-likeness (QED) is 0.715. The van der Waals surface area contributed by atoms with E-state index in [0.717, 1.165) is 44.1 Å². The summed E-state index contributed by atoms with van der Waals surface area (Å²) in [6, 6.07) is 8.35. The number of furan rings is 1. The zero-order valence-electron chi connectivity index (χ0n) is 11.7. The second-order valence-electron chi connectivity index (χ2n) is 4.67. The maximum atomic E-state index is 5.77. The molecular weight excluding hydrogens is 240 g/mol. The molecule has 0 amide bonds. The number of nitrogens with one attached hydrogen (secondary N) is 2. The summed E-state index contributed by atoms with van der Waals surface area (Å²) in [5.74, 6) is 0.984. The molecule has 0 atom stereocenters. The van der Waals surface area contributed by atoms with E-state index in [-0.39, 0.29) is 0 Å². The molecule has 0 bridgehead atoms. The van der Waals surface area contributed by atoms with E-state index < -0.39 is 0 Å². The number of hydrogen-bond acceptors (Lipinski definition) is 4. The van der Waals surface area contributed by atoms with Crippen LogP contribution >= 0.6 is 0 Å². The van der Waals surface area contributed by atoms with Gasteiger partial charge in [-0.2, -0.15) is 0 Å². The van der Waals surface area contributed by atoms with Crippen molar-refractivity contribution < 1.29 is 9.15 Å². The van der Waals surface area contributed by atoms with Crippen LogP contribution in [0.3, 0.4) is 0 Å². The lowest BCUT2D eigenvalue weighted by Crippen LogP contribution is -2.29. The minimum atomic E-state index is 0.753. The third-order valence-corrected chi connectivity index (χ3v) is 2.98. The van der Waals surface area contributed by atoms with Crippen LogP contribution in [0.2, 0.25) is 0 Å². The molecule has 1 aromatic heterocycles. The Bertz CT molecular complexity index is 508. The van der Waals surface area contributed by atoms with Crippen molar-refractivity contribution in [3.63, 3.8) is 0 Å². The third kappa shape index (κ3) is 4.35. The Morgan fingerprint density at radius 3 is 2.79 bits per heavy atom. The molecule has 0 saturated carbocycles. The molecule has 0 radical (unpaired) electrons. The summed E-state index contributed by atoms with van der Waals surface area (Å²) >= 11 is 0. The Kier molecular flexibility index (Phi) is 5.39. The van der Waals surface area contributed by atoms with Crippen molar-refractivity contribution >= 4 is 11.0 Å². The second-order valence-corrected chi connectivity index (χ2v) is 4.67. The molecule has 2 N–H and O–H groups in total. The van der Waals surface area contributed by atoms with Gasteiger partial charge in [-0.05, 0) is 25.1 Å². The minimum Gasteiger partial charge on any atom is -0.460 e. The molecular formula is C15H22N2O2. The van der Waals surface area contributed by atoms with E-state index in [2.05, 4.69) is 35.8 Å². The lowest BCUT2D eigenvalue weighted by molar-refractivity contribution is 0.199. The Labute approximate surface area is 114 Å². The second kappa shape index (κ2) is 7.28. The van der Waals surface area contributed by atoms with Crippen LogP contribution in [0.4, 0.5) is 0 Å². The normalized spacial score (nSPS) is 11.3. The minimum absolute atomic E-state index is 0.753. The SMILES string of the molecule is COCCNCCNCc1cc2cc(C)ccc2o1. The van der Waals surface area contributed by atoms with Gasteiger partial charge in [0.25, 0.3) is 0 Å². The van der Waals surface area contributed by atoms with Crippen molar-refractivity contribution in [1.29, 1.82) is 0 Å². The largest absolute Gasteiger partial charge is 0.460 e. The Morgan fingerprint density at radius 2 is 1.95 bits per heavy atom. The number of methoxy groups -OCH3 is 1. The number of hydrogen-bond donors (Lipinski definition) is 2. The van der Waals surface area contributed by atoms with E-state index in [4.69, 9.17) is 9.15 Å². The fourth-order valence-electron chi connectivity index (χ4n) is 1.99.